The van der Waals surface area contributed by atoms with Crippen LogP contribution in [-0.4, -0.2) is 47.8 Å². The van der Waals surface area contributed by atoms with Crippen molar-refractivity contribution >= 4 is 13.7 Å². The molecule has 0 heterocycles. The lowest BCUT2D eigenvalue weighted by Crippen LogP contribution is -2.46. The Morgan fingerprint density at radius 2 is 1.06 bits per heavy atom. The number of carbonyl (C=O) groups is 1. The second kappa shape index (κ2) is 37.0. The molecule has 5 N–H and O–H groups in total. The summed E-state index contributed by atoms with van der Waals surface area (Å²) in [5.41, 5.74) is 5.37. The number of allylic oxidation sites excluding steroid dienone is 2. The molecule has 0 aromatic carbocycles. The van der Waals surface area contributed by atoms with E-state index in [4.69, 9.17) is 14.8 Å². The molecule has 1 amide bonds. The van der Waals surface area contributed by atoms with E-state index in [1.54, 1.807) is 0 Å². The van der Waals surface area contributed by atoms with Crippen LogP contribution in [0.5, 0.6) is 0 Å². The van der Waals surface area contributed by atoms with Crippen LogP contribution in [0.25, 0.3) is 0 Å². The van der Waals surface area contributed by atoms with Gasteiger partial charge in [0, 0.05) is 13.0 Å². The average molecular weight is 717 g/mol. The fourth-order valence-corrected chi connectivity index (χ4v) is 6.95. The summed E-state index contributed by atoms with van der Waals surface area (Å²) >= 11 is 0. The molecule has 9 heteroatoms. The zero-order valence-electron chi connectivity index (χ0n) is 32.2. The van der Waals surface area contributed by atoms with Crippen LogP contribution in [0.3, 0.4) is 0 Å². The standard InChI is InChI=1S/C40H81N2O6P/c1-3-5-7-9-11-13-15-17-18-19-20-22-23-25-27-29-31-33-39(43)38(37-48-49(45,46)47-36-35-41)42-40(44)34-32-30-28-26-24-21-16-14-12-10-8-6-4-2/h14,16,38-39,43H,3-13,15,17-37,41H2,1-2H3,(H,42,44)(H,45,46)/b16-14-. The van der Waals surface area contributed by atoms with Crippen LogP contribution in [0.2, 0.25) is 0 Å². The molecule has 0 aromatic heterocycles. The maximum absolute atomic E-state index is 12.7. The van der Waals surface area contributed by atoms with Gasteiger partial charge in [0.15, 0.2) is 0 Å². The lowest BCUT2D eigenvalue weighted by Gasteiger charge is -2.25. The highest BCUT2D eigenvalue weighted by atomic mass is 31.2. The van der Waals surface area contributed by atoms with Crippen molar-refractivity contribution in [2.45, 2.75) is 219 Å². The number of hydrogen-bond donors (Lipinski definition) is 4. The number of phosphoric acid groups is 1. The SMILES string of the molecule is CCCCCC/C=C\CCCCCCCC(=O)NC(COP(=O)(O)OCCN)C(O)CCCCCCCCCCCCCCCCCCC. The molecule has 0 fully saturated rings. The van der Waals surface area contributed by atoms with Crippen LogP contribution in [0.4, 0.5) is 0 Å². The largest absolute Gasteiger partial charge is 0.472 e. The Labute approximate surface area is 303 Å². The highest BCUT2D eigenvalue weighted by molar-refractivity contribution is 7.47. The quantitative estimate of drug-likeness (QED) is 0.0283. The van der Waals surface area contributed by atoms with Gasteiger partial charge in [-0.05, 0) is 38.5 Å². The number of aliphatic hydroxyl groups is 1. The van der Waals surface area contributed by atoms with Gasteiger partial charge in [0.25, 0.3) is 0 Å². The number of phosphoric ester groups is 1. The highest BCUT2D eigenvalue weighted by Crippen LogP contribution is 2.43. The number of aliphatic hydroxyl groups excluding tert-OH is 1. The van der Waals surface area contributed by atoms with Crippen molar-refractivity contribution in [3.63, 3.8) is 0 Å². The second-order valence-electron chi connectivity index (χ2n) is 14.2. The van der Waals surface area contributed by atoms with Gasteiger partial charge < -0.3 is 21.1 Å². The molecule has 0 radical (unpaired) electrons. The van der Waals surface area contributed by atoms with E-state index in [-0.39, 0.29) is 25.7 Å². The van der Waals surface area contributed by atoms with Crippen LogP contribution in [0.15, 0.2) is 12.2 Å². The van der Waals surface area contributed by atoms with E-state index in [1.807, 2.05) is 0 Å². The normalized spacial score (nSPS) is 14.3. The number of hydrogen-bond acceptors (Lipinski definition) is 6. The Balaban J connectivity index is 4.18. The van der Waals surface area contributed by atoms with E-state index in [0.717, 1.165) is 51.4 Å². The molecule has 0 rings (SSSR count). The van der Waals surface area contributed by atoms with E-state index in [9.17, 15) is 19.4 Å². The molecule has 3 atom stereocenters. The Morgan fingerprint density at radius 3 is 1.53 bits per heavy atom. The first-order chi connectivity index (χ1) is 23.9. The van der Waals surface area contributed by atoms with E-state index in [1.165, 1.54) is 128 Å². The van der Waals surface area contributed by atoms with Crippen molar-refractivity contribution in [2.75, 3.05) is 19.8 Å². The monoisotopic (exact) mass is 717 g/mol. The zero-order valence-corrected chi connectivity index (χ0v) is 33.1. The predicted molar refractivity (Wildman–Crippen MR) is 208 cm³/mol. The smallest absolute Gasteiger partial charge is 0.391 e. The number of unbranched alkanes of at least 4 members (excludes halogenated alkanes) is 25. The first-order valence-corrected chi connectivity index (χ1v) is 22.3. The zero-order chi connectivity index (χ0) is 36.1. The lowest BCUT2D eigenvalue weighted by molar-refractivity contribution is -0.123. The molecular formula is C40H81N2O6P. The fourth-order valence-electron chi connectivity index (χ4n) is 6.19. The number of nitrogens with one attached hydrogen (secondary N) is 1. The Kier molecular flexibility index (Phi) is 36.4. The Hall–Kier alpha value is -0.760. The number of carbonyl (C=O) groups excluding carboxylic acids is 1. The number of amides is 1. The van der Waals surface area contributed by atoms with Gasteiger partial charge >= 0.3 is 7.82 Å². The predicted octanol–water partition coefficient (Wildman–Crippen LogP) is 11.2. The van der Waals surface area contributed by atoms with Gasteiger partial charge in [-0.3, -0.25) is 13.8 Å². The second-order valence-corrected chi connectivity index (χ2v) is 15.7. The van der Waals surface area contributed by atoms with Crippen LogP contribution < -0.4 is 11.1 Å². The summed E-state index contributed by atoms with van der Waals surface area (Å²) < 4.78 is 22.1. The first-order valence-electron chi connectivity index (χ1n) is 20.8. The fraction of sp³-hybridized carbons (Fsp3) is 0.925. The summed E-state index contributed by atoms with van der Waals surface area (Å²) in [5, 5.41) is 13.8. The summed E-state index contributed by atoms with van der Waals surface area (Å²) in [6, 6.07) is -0.774. The summed E-state index contributed by atoms with van der Waals surface area (Å²) in [7, 11) is -4.31. The topological polar surface area (TPSA) is 131 Å². The van der Waals surface area contributed by atoms with Gasteiger partial charge in [0.1, 0.15) is 0 Å². The average Bonchev–Trinajstić information content (AvgIpc) is 3.09. The minimum Gasteiger partial charge on any atom is -0.391 e. The van der Waals surface area contributed by atoms with Crippen molar-refractivity contribution in [1.29, 1.82) is 0 Å². The molecule has 49 heavy (non-hydrogen) atoms. The third-order valence-corrected chi connectivity index (χ3v) is 10.4. The molecular weight excluding hydrogens is 635 g/mol. The van der Waals surface area contributed by atoms with Crippen LogP contribution in [0.1, 0.15) is 206 Å². The van der Waals surface area contributed by atoms with Crippen molar-refractivity contribution in [3.8, 4) is 0 Å². The maximum Gasteiger partial charge on any atom is 0.472 e. The number of nitrogens with two attached hydrogens (primary N) is 1. The molecule has 292 valence electrons. The van der Waals surface area contributed by atoms with E-state index in [2.05, 4.69) is 31.3 Å². The van der Waals surface area contributed by atoms with Gasteiger partial charge in [-0.15, -0.1) is 0 Å². The summed E-state index contributed by atoms with van der Waals surface area (Å²) in [4.78, 5) is 22.7. The van der Waals surface area contributed by atoms with Crippen molar-refractivity contribution in [2.24, 2.45) is 5.73 Å². The van der Waals surface area contributed by atoms with Gasteiger partial charge in [-0.2, -0.15) is 0 Å². The Bertz CT molecular complexity index is 784. The maximum atomic E-state index is 12.7. The van der Waals surface area contributed by atoms with E-state index in [0.29, 0.717) is 12.8 Å². The molecule has 0 aliphatic carbocycles. The van der Waals surface area contributed by atoms with E-state index >= 15 is 0 Å². The molecule has 0 spiro atoms. The van der Waals surface area contributed by atoms with Crippen molar-refractivity contribution in [3.05, 3.63) is 12.2 Å². The molecule has 8 nitrogen and oxygen atoms in total. The van der Waals surface area contributed by atoms with Gasteiger partial charge in [-0.1, -0.05) is 174 Å². The van der Waals surface area contributed by atoms with Crippen molar-refractivity contribution in [1.82, 2.24) is 5.32 Å². The van der Waals surface area contributed by atoms with Crippen LogP contribution in [-0.2, 0) is 18.4 Å². The summed E-state index contributed by atoms with van der Waals surface area (Å²) in [6.07, 6.45) is 39.3. The molecule has 0 aliphatic heterocycles. The third kappa shape index (κ3) is 35.4. The minimum absolute atomic E-state index is 0.0891. The van der Waals surface area contributed by atoms with Gasteiger partial charge in [0.05, 0.1) is 25.4 Å². The number of rotatable bonds is 39. The Morgan fingerprint density at radius 1 is 0.653 bits per heavy atom. The van der Waals surface area contributed by atoms with Crippen LogP contribution in [0, 0.1) is 0 Å². The van der Waals surface area contributed by atoms with Gasteiger partial charge in [-0.25, -0.2) is 4.57 Å². The summed E-state index contributed by atoms with van der Waals surface area (Å²) in [5.74, 6) is -0.170. The third-order valence-electron chi connectivity index (χ3n) is 9.37. The molecule has 0 saturated carbocycles. The summed E-state index contributed by atoms with van der Waals surface area (Å²) in [6.45, 7) is 4.19. The van der Waals surface area contributed by atoms with Gasteiger partial charge in [0.2, 0.25) is 5.91 Å². The van der Waals surface area contributed by atoms with E-state index < -0.39 is 20.0 Å². The minimum atomic E-state index is -4.31. The first kappa shape index (κ1) is 48.2. The lowest BCUT2D eigenvalue weighted by atomic mass is 10.0. The molecule has 0 aliphatic rings. The highest BCUT2D eigenvalue weighted by Gasteiger charge is 2.27. The molecule has 0 bridgehead atoms. The van der Waals surface area contributed by atoms with Crippen LogP contribution >= 0.6 is 7.82 Å². The molecule has 0 aromatic rings. The van der Waals surface area contributed by atoms with Crippen molar-refractivity contribution < 1.29 is 28.4 Å². The molecule has 0 saturated heterocycles. The molecule has 3 unspecified atom stereocenters.